The number of carbonyl (C=O) groups excluding carboxylic acids is 1. The molecule has 2 N–H and O–H groups in total. The number of nitrogens with zero attached hydrogens (tertiary/aromatic N) is 2. The summed E-state index contributed by atoms with van der Waals surface area (Å²) >= 11 is 0. The molecule has 1 aliphatic heterocycles. The standard InChI is InChI=1S/C11H24N4O/c1-3-14(2)7-6-13-11(16)10-15-8-4-12-5-9-15/h12H,3-10H2,1-2H3,(H,13,16). The lowest BCUT2D eigenvalue weighted by Crippen LogP contribution is -2.48. The van der Waals surface area contributed by atoms with Crippen LogP contribution in [0.4, 0.5) is 0 Å². The monoisotopic (exact) mass is 228 g/mol. The predicted octanol–water partition coefficient (Wildman–Crippen LogP) is -1.04. The van der Waals surface area contributed by atoms with Crippen molar-refractivity contribution in [3.63, 3.8) is 0 Å². The summed E-state index contributed by atoms with van der Waals surface area (Å²) in [6.07, 6.45) is 0. The van der Waals surface area contributed by atoms with Crippen LogP contribution in [-0.2, 0) is 4.79 Å². The van der Waals surface area contributed by atoms with Gasteiger partial charge in [0.1, 0.15) is 0 Å². The molecule has 5 nitrogen and oxygen atoms in total. The molecule has 0 aromatic heterocycles. The first-order valence-electron chi connectivity index (χ1n) is 6.10. The second-order valence-electron chi connectivity index (χ2n) is 4.27. The first-order valence-corrected chi connectivity index (χ1v) is 6.10. The van der Waals surface area contributed by atoms with Crippen molar-refractivity contribution in [1.82, 2.24) is 20.4 Å². The molecular weight excluding hydrogens is 204 g/mol. The summed E-state index contributed by atoms with van der Waals surface area (Å²) in [4.78, 5) is 16.0. The first kappa shape index (κ1) is 13.4. The number of nitrogens with one attached hydrogen (secondary N) is 2. The number of carbonyl (C=O) groups is 1. The van der Waals surface area contributed by atoms with Crippen LogP contribution in [0.25, 0.3) is 0 Å². The van der Waals surface area contributed by atoms with Crippen LogP contribution in [0.2, 0.25) is 0 Å². The molecule has 1 aliphatic rings. The average molecular weight is 228 g/mol. The highest BCUT2D eigenvalue weighted by molar-refractivity contribution is 5.78. The van der Waals surface area contributed by atoms with Gasteiger partial charge in [-0.1, -0.05) is 6.92 Å². The fourth-order valence-electron chi connectivity index (χ4n) is 1.67. The van der Waals surface area contributed by atoms with Crippen molar-refractivity contribution in [1.29, 1.82) is 0 Å². The zero-order chi connectivity index (χ0) is 11.8. The maximum atomic E-state index is 11.6. The van der Waals surface area contributed by atoms with E-state index >= 15 is 0 Å². The molecule has 0 saturated carbocycles. The molecule has 0 aromatic carbocycles. The van der Waals surface area contributed by atoms with Crippen LogP contribution >= 0.6 is 0 Å². The topological polar surface area (TPSA) is 47.6 Å². The molecule has 1 fully saturated rings. The molecule has 94 valence electrons. The van der Waals surface area contributed by atoms with Crippen molar-refractivity contribution >= 4 is 5.91 Å². The summed E-state index contributed by atoms with van der Waals surface area (Å²) in [7, 11) is 2.06. The Bertz CT molecular complexity index is 204. The SMILES string of the molecule is CCN(C)CCNC(=O)CN1CCNCC1. The lowest BCUT2D eigenvalue weighted by molar-refractivity contribution is -0.122. The Morgan fingerprint density at radius 1 is 1.44 bits per heavy atom. The van der Waals surface area contributed by atoms with Gasteiger partial charge in [-0.15, -0.1) is 0 Å². The molecule has 0 radical (unpaired) electrons. The third-order valence-electron chi connectivity index (χ3n) is 2.93. The number of hydrogen-bond donors (Lipinski definition) is 2. The van der Waals surface area contributed by atoms with E-state index in [1.165, 1.54) is 0 Å². The van der Waals surface area contributed by atoms with Gasteiger partial charge >= 0.3 is 0 Å². The highest BCUT2D eigenvalue weighted by Gasteiger charge is 2.12. The Kier molecular flexibility index (Phi) is 6.37. The summed E-state index contributed by atoms with van der Waals surface area (Å²) in [5.74, 6) is 0.145. The summed E-state index contributed by atoms with van der Waals surface area (Å²) in [6.45, 7) is 9.27. The van der Waals surface area contributed by atoms with Crippen molar-refractivity contribution in [3.05, 3.63) is 0 Å². The number of hydrogen-bond acceptors (Lipinski definition) is 4. The molecule has 5 heteroatoms. The van der Waals surface area contributed by atoms with Gasteiger partial charge in [0.25, 0.3) is 0 Å². The van der Waals surface area contributed by atoms with Crippen molar-refractivity contribution < 1.29 is 4.79 Å². The van der Waals surface area contributed by atoms with Gasteiger partial charge in [0, 0.05) is 39.3 Å². The molecule has 1 heterocycles. The van der Waals surface area contributed by atoms with Gasteiger partial charge in [-0.05, 0) is 13.6 Å². The maximum Gasteiger partial charge on any atom is 0.234 e. The zero-order valence-electron chi connectivity index (χ0n) is 10.5. The highest BCUT2D eigenvalue weighted by Crippen LogP contribution is 1.90. The average Bonchev–Trinajstić information content (AvgIpc) is 2.30. The Hall–Kier alpha value is -0.650. The second kappa shape index (κ2) is 7.60. The molecule has 1 rings (SSSR count). The van der Waals surface area contributed by atoms with Crippen LogP contribution < -0.4 is 10.6 Å². The molecule has 0 spiro atoms. The van der Waals surface area contributed by atoms with Crippen LogP contribution in [-0.4, -0.2) is 75.1 Å². The van der Waals surface area contributed by atoms with E-state index in [-0.39, 0.29) is 5.91 Å². The molecule has 0 bridgehead atoms. The molecule has 16 heavy (non-hydrogen) atoms. The van der Waals surface area contributed by atoms with Crippen LogP contribution in [0.5, 0.6) is 0 Å². The fourth-order valence-corrected chi connectivity index (χ4v) is 1.67. The van der Waals surface area contributed by atoms with E-state index in [1.54, 1.807) is 0 Å². The maximum absolute atomic E-state index is 11.6. The number of rotatable bonds is 6. The predicted molar refractivity (Wildman–Crippen MR) is 65.5 cm³/mol. The van der Waals surface area contributed by atoms with Gasteiger partial charge in [0.2, 0.25) is 5.91 Å². The Labute approximate surface area is 98.2 Å². The largest absolute Gasteiger partial charge is 0.354 e. The lowest BCUT2D eigenvalue weighted by atomic mass is 10.3. The molecule has 1 amide bonds. The summed E-state index contributed by atoms with van der Waals surface area (Å²) < 4.78 is 0. The molecule has 0 aliphatic carbocycles. The second-order valence-corrected chi connectivity index (χ2v) is 4.27. The van der Waals surface area contributed by atoms with Crippen LogP contribution in [0.1, 0.15) is 6.92 Å². The molecular formula is C11H24N4O. The van der Waals surface area contributed by atoms with Crippen molar-refractivity contribution in [2.45, 2.75) is 6.92 Å². The van der Waals surface area contributed by atoms with E-state index in [2.05, 4.69) is 34.4 Å². The van der Waals surface area contributed by atoms with Crippen LogP contribution in [0.15, 0.2) is 0 Å². The minimum Gasteiger partial charge on any atom is -0.354 e. The Morgan fingerprint density at radius 2 is 2.12 bits per heavy atom. The van der Waals surface area contributed by atoms with Crippen LogP contribution in [0.3, 0.4) is 0 Å². The summed E-state index contributed by atoms with van der Waals surface area (Å²) in [6, 6.07) is 0. The highest BCUT2D eigenvalue weighted by atomic mass is 16.2. The molecule has 0 unspecified atom stereocenters. The van der Waals surface area contributed by atoms with Gasteiger partial charge in [-0.25, -0.2) is 0 Å². The minimum absolute atomic E-state index is 0.145. The summed E-state index contributed by atoms with van der Waals surface area (Å²) in [5.41, 5.74) is 0. The zero-order valence-corrected chi connectivity index (χ0v) is 10.5. The molecule has 0 aromatic rings. The normalized spacial score (nSPS) is 17.7. The van der Waals surface area contributed by atoms with E-state index in [0.29, 0.717) is 6.54 Å². The fraction of sp³-hybridized carbons (Fsp3) is 0.909. The van der Waals surface area contributed by atoms with Gasteiger partial charge in [0.15, 0.2) is 0 Å². The van der Waals surface area contributed by atoms with Gasteiger partial charge in [0.05, 0.1) is 6.54 Å². The quantitative estimate of drug-likeness (QED) is 0.610. The lowest BCUT2D eigenvalue weighted by Gasteiger charge is -2.26. The Balaban J connectivity index is 2.05. The third-order valence-corrected chi connectivity index (χ3v) is 2.93. The molecule has 1 saturated heterocycles. The smallest absolute Gasteiger partial charge is 0.234 e. The number of piperazine rings is 1. The van der Waals surface area contributed by atoms with Crippen molar-refractivity contribution in [3.8, 4) is 0 Å². The Morgan fingerprint density at radius 3 is 2.75 bits per heavy atom. The molecule has 0 atom stereocenters. The van der Waals surface area contributed by atoms with E-state index in [0.717, 1.165) is 45.8 Å². The van der Waals surface area contributed by atoms with Gasteiger partial charge in [-0.3, -0.25) is 9.69 Å². The van der Waals surface area contributed by atoms with E-state index < -0.39 is 0 Å². The van der Waals surface area contributed by atoms with Crippen molar-refractivity contribution in [2.24, 2.45) is 0 Å². The minimum atomic E-state index is 0.145. The van der Waals surface area contributed by atoms with E-state index in [9.17, 15) is 4.79 Å². The number of amides is 1. The third kappa shape index (κ3) is 5.44. The van der Waals surface area contributed by atoms with Gasteiger partial charge < -0.3 is 15.5 Å². The first-order chi connectivity index (χ1) is 7.72. The van der Waals surface area contributed by atoms with E-state index in [4.69, 9.17) is 0 Å². The van der Waals surface area contributed by atoms with Crippen LogP contribution in [0, 0.1) is 0 Å². The van der Waals surface area contributed by atoms with Crippen molar-refractivity contribution in [2.75, 3.05) is 59.4 Å². The van der Waals surface area contributed by atoms with E-state index in [1.807, 2.05) is 0 Å². The number of likely N-dealkylation sites (N-methyl/N-ethyl adjacent to an activating group) is 1. The summed E-state index contributed by atoms with van der Waals surface area (Å²) in [5, 5.41) is 6.23. The van der Waals surface area contributed by atoms with Gasteiger partial charge in [-0.2, -0.15) is 0 Å².